The van der Waals surface area contributed by atoms with Gasteiger partial charge in [-0.3, -0.25) is 9.78 Å². The predicted molar refractivity (Wildman–Crippen MR) is 83.8 cm³/mol. The van der Waals surface area contributed by atoms with Gasteiger partial charge in [0.05, 0.1) is 5.60 Å². The molecule has 0 aromatic carbocycles. The van der Waals surface area contributed by atoms with Gasteiger partial charge in [0.2, 0.25) is 0 Å². The number of halogens is 2. The highest BCUT2D eigenvalue weighted by molar-refractivity contribution is 9.11. The molecule has 0 N–H and O–H groups in total. The Hall–Kier alpha value is -0.260. The number of hydrogen-bond donors (Lipinski definition) is 0. The first-order valence-electron chi connectivity index (χ1n) is 7.09. The third-order valence-electron chi connectivity index (χ3n) is 4.42. The van der Waals surface area contributed by atoms with E-state index in [2.05, 4.69) is 36.8 Å². The maximum atomic E-state index is 12.7. The van der Waals surface area contributed by atoms with Crippen LogP contribution in [0.4, 0.5) is 0 Å². The Kier molecular flexibility index (Phi) is 4.29. The van der Waals surface area contributed by atoms with Gasteiger partial charge in [0.1, 0.15) is 5.69 Å². The summed E-state index contributed by atoms with van der Waals surface area (Å²) in [6.45, 7) is 0.699. The molecule has 1 saturated carbocycles. The molecule has 2 fully saturated rings. The van der Waals surface area contributed by atoms with Crippen LogP contribution in [-0.2, 0) is 4.74 Å². The lowest BCUT2D eigenvalue weighted by Crippen LogP contribution is -2.40. The van der Waals surface area contributed by atoms with Crippen molar-refractivity contribution < 1.29 is 9.53 Å². The molecular weight excluding hydrogens is 386 g/mol. The Morgan fingerprint density at radius 1 is 1.35 bits per heavy atom. The molecule has 0 amide bonds. The molecule has 1 unspecified atom stereocenters. The van der Waals surface area contributed by atoms with Gasteiger partial charge in [0.25, 0.3) is 0 Å². The van der Waals surface area contributed by atoms with Crippen LogP contribution in [0.1, 0.15) is 49.0 Å². The number of hydrogen-bond acceptors (Lipinski definition) is 3. The standard InChI is InChI=1S/C15H17Br2NO2/c16-11-7-12(17)13(18-9-11)14(19)10-3-6-20-15(8-10)4-1-2-5-15/h7,9-10H,1-6,8H2. The molecule has 3 rings (SSSR count). The molecule has 2 aliphatic rings. The summed E-state index contributed by atoms with van der Waals surface area (Å²) < 4.78 is 7.64. The third-order valence-corrected chi connectivity index (χ3v) is 5.46. The van der Waals surface area contributed by atoms with Crippen LogP contribution in [0, 0.1) is 5.92 Å². The number of nitrogens with zero attached hydrogens (tertiary/aromatic N) is 1. The minimum Gasteiger partial charge on any atom is -0.375 e. The number of carbonyl (C=O) groups is 1. The van der Waals surface area contributed by atoms with Crippen molar-refractivity contribution in [2.24, 2.45) is 5.92 Å². The van der Waals surface area contributed by atoms with E-state index in [0.29, 0.717) is 12.3 Å². The minimum atomic E-state index is -0.0274. The average Bonchev–Trinajstić information content (AvgIpc) is 2.86. The van der Waals surface area contributed by atoms with E-state index in [1.165, 1.54) is 12.8 Å². The largest absolute Gasteiger partial charge is 0.375 e. The molecule has 1 aliphatic carbocycles. The van der Waals surface area contributed by atoms with E-state index in [0.717, 1.165) is 34.6 Å². The number of Topliss-reactive ketones (excluding diaryl/α,β-unsaturated/α-hetero) is 1. The van der Waals surface area contributed by atoms with E-state index < -0.39 is 0 Å². The molecule has 3 nitrogen and oxygen atoms in total. The summed E-state index contributed by atoms with van der Waals surface area (Å²) >= 11 is 6.81. The van der Waals surface area contributed by atoms with E-state index in [4.69, 9.17) is 4.74 Å². The topological polar surface area (TPSA) is 39.2 Å². The molecule has 1 aromatic rings. The highest BCUT2D eigenvalue weighted by Crippen LogP contribution is 2.43. The lowest BCUT2D eigenvalue weighted by atomic mass is 9.81. The van der Waals surface area contributed by atoms with Crippen molar-refractivity contribution in [3.63, 3.8) is 0 Å². The Morgan fingerprint density at radius 2 is 2.10 bits per heavy atom. The van der Waals surface area contributed by atoms with Crippen molar-refractivity contribution in [3.8, 4) is 0 Å². The fourth-order valence-electron chi connectivity index (χ4n) is 3.41. The van der Waals surface area contributed by atoms with Crippen LogP contribution in [-0.4, -0.2) is 23.0 Å². The second-order valence-electron chi connectivity index (χ2n) is 5.78. The van der Waals surface area contributed by atoms with E-state index in [-0.39, 0.29) is 17.3 Å². The van der Waals surface area contributed by atoms with Crippen molar-refractivity contribution in [1.29, 1.82) is 0 Å². The summed E-state index contributed by atoms with van der Waals surface area (Å²) in [6, 6.07) is 1.88. The molecule has 1 aliphatic heterocycles. The Labute approximate surface area is 135 Å². The summed E-state index contributed by atoms with van der Waals surface area (Å²) in [6.07, 6.45) is 8.00. The van der Waals surface area contributed by atoms with Gasteiger partial charge in [-0.25, -0.2) is 0 Å². The number of ether oxygens (including phenoxy) is 1. The fourth-order valence-corrected chi connectivity index (χ4v) is 4.59. The fraction of sp³-hybridized carbons (Fsp3) is 0.600. The molecule has 1 spiro atoms. The Balaban J connectivity index is 1.79. The highest BCUT2D eigenvalue weighted by atomic mass is 79.9. The Bertz CT molecular complexity index is 527. The van der Waals surface area contributed by atoms with Gasteiger partial charge >= 0.3 is 0 Å². The first-order valence-corrected chi connectivity index (χ1v) is 8.67. The number of aromatic nitrogens is 1. The van der Waals surface area contributed by atoms with Crippen LogP contribution in [0.25, 0.3) is 0 Å². The van der Waals surface area contributed by atoms with Gasteiger partial charge in [-0.2, -0.15) is 0 Å². The van der Waals surface area contributed by atoms with Crippen molar-refractivity contribution >= 4 is 37.6 Å². The maximum absolute atomic E-state index is 12.7. The summed E-state index contributed by atoms with van der Waals surface area (Å²) in [5.74, 6) is 0.200. The second kappa shape index (κ2) is 5.85. The molecule has 2 heterocycles. The number of carbonyl (C=O) groups excluding carboxylic acids is 1. The monoisotopic (exact) mass is 401 g/mol. The minimum absolute atomic E-state index is 0.0274. The highest BCUT2D eigenvalue weighted by Gasteiger charge is 2.42. The maximum Gasteiger partial charge on any atom is 0.185 e. The molecule has 1 saturated heterocycles. The molecule has 1 atom stereocenters. The second-order valence-corrected chi connectivity index (χ2v) is 7.55. The van der Waals surface area contributed by atoms with Crippen LogP contribution >= 0.6 is 31.9 Å². The summed E-state index contributed by atoms with van der Waals surface area (Å²) in [7, 11) is 0. The molecule has 20 heavy (non-hydrogen) atoms. The zero-order chi connectivity index (χ0) is 14.2. The van der Waals surface area contributed by atoms with E-state index in [1.807, 2.05) is 6.07 Å². The number of rotatable bonds is 2. The van der Waals surface area contributed by atoms with Gasteiger partial charge in [0.15, 0.2) is 5.78 Å². The lowest BCUT2D eigenvalue weighted by molar-refractivity contribution is -0.0866. The average molecular weight is 403 g/mol. The lowest BCUT2D eigenvalue weighted by Gasteiger charge is -2.37. The first-order chi connectivity index (χ1) is 9.60. The zero-order valence-electron chi connectivity index (χ0n) is 11.2. The normalized spacial score (nSPS) is 25.0. The van der Waals surface area contributed by atoms with E-state index >= 15 is 0 Å². The quantitative estimate of drug-likeness (QED) is 0.682. The predicted octanol–water partition coefficient (Wildman–Crippen LogP) is 4.53. The van der Waals surface area contributed by atoms with Crippen LogP contribution in [0.2, 0.25) is 0 Å². The van der Waals surface area contributed by atoms with Crippen molar-refractivity contribution in [3.05, 3.63) is 26.9 Å². The Morgan fingerprint density at radius 3 is 2.80 bits per heavy atom. The molecule has 0 bridgehead atoms. The number of ketones is 1. The summed E-state index contributed by atoms with van der Waals surface area (Å²) in [4.78, 5) is 17.0. The van der Waals surface area contributed by atoms with Crippen LogP contribution < -0.4 is 0 Å². The summed E-state index contributed by atoms with van der Waals surface area (Å²) in [5, 5.41) is 0. The molecule has 108 valence electrons. The van der Waals surface area contributed by atoms with E-state index in [9.17, 15) is 4.79 Å². The van der Waals surface area contributed by atoms with Crippen LogP contribution in [0.3, 0.4) is 0 Å². The van der Waals surface area contributed by atoms with Gasteiger partial charge in [-0.05, 0) is 63.6 Å². The molecule has 0 radical (unpaired) electrons. The van der Waals surface area contributed by atoms with E-state index in [1.54, 1.807) is 6.20 Å². The smallest absolute Gasteiger partial charge is 0.185 e. The zero-order valence-corrected chi connectivity index (χ0v) is 14.4. The third kappa shape index (κ3) is 2.85. The van der Waals surface area contributed by atoms with Gasteiger partial charge in [0, 0.05) is 27.7 Å². The van der Waals surface area contributed by atoms with Gasteiger partial charge in [-0.15, -0.1) is 0 Å². The SMILES string of the molecule is O=C(c1ncc(Br)cc1Br)C1CCOC2(CCCC2)C1. The van der Waals surface area contributed by atoms with Crippen molar-refractivity contribution in [2.75, 3.05) is 6.61 Å². The van der Waals surface area contributed by atoms with Crippen molar-refractivity contribution in [2.45, 2.75) is 44.1 Å². The van der Waals surface area contributed by atoms with Crippen molar-refractivity contribution in [1.82, 2.24) is 4.98 Å². The number of pyridine rings is 1. The van der Waals surface area contributed by atoms with Gasteiger partial charge < -0.3 is 4.74 Å². The molecular formula is C15H17Br2NO2. The van der Waals surface area contributed by atoms with Crippen LogP contribution in [0.5, 0.6) is 0 Å². The van der Waals surface area contributed by atoms with Gasteiger partial charge in [-0.1, -0.05) is 12.8 Å². The molecule has 1 aromatic heterocycles. The summed E-state index contributed by atoms with van der Waals surface area (Å²) in [5.41, 5.74) is 0.522. The molecule has 5 heteroatoms. The first kappa shape index (κ1) is 14.7. The van der Waals surface area contributed by atoms with Crippen LogP contribution in [0.15, 0.2) is 21.2 Å².